The molecule has 4 heteroatoms. The van der Waals surface area contributed by atoms with E-state index in [9.17, 15) is 0 Å². The minimum atomic E-state index is 0.412. The van der Waals surface area contributed by atoms with Crippen molar-refractivity contribution in [3.63, 3.8) is 0 Å². The highest BCUT2D eigenvalue weighted by Crippen LogP contribution is 2.28. The molecule has 0 unspecified atom stereocenters. The summed E-state index contributed by atoms with van der Waals surface area (Å²) in [5.41, 5.74) is 1.16. The van der Waals surface area contributed by atoms with Gasteiger partial charge in [-0.25, -0.2) is 4.98 Å². The molecule has 0 spiro atoms. The number of rotatable bonds is 5. The average Bonchev–Trinajstić information content (AvgIpc) is 2.87. The molecule has 0 saturated heterocycles. The van der Waals surface area contributed by atoms with E-state index < -0.39 is 0 Å². The standard InChI is InChI=1S/C15H20N2O2/c1-11(2)15-16-7-8-17(15)10-12-5-6-13(18-3)14(9-12)19-4/h5-9,11H,10H2,1-4H3. The van der Waals surface area contributed by atoms with E-state index in [1.54, 1.807) is 14.2 Å². The van der Waals surface area contributed by atoms with Gasteiger partial charge in [0, 0.05) is 24.9 Å². The van der Waals surface area contributed by atoms with Gasteiger partial charge in [-0.05, 0) is 17.7 Å². The fourth-order valence-electron chi connectivity index (χ4n) is 2.13. The minimum absolute atomic E-state index is 0.412. The molecule has 0 saturated carbocycles. The van der Waals surface area contributed by atoms with Crippen LogP contribution in [0.2, 0.25) is 0 Å². The van der Waals surface area contributed by atoms with Crippen molar-refractivity contribution in [3.05, 3.63) is 42.0 Å². The van der Waals surface area contributed by atoms with E-state index in [2.05, 4.69) is 23.4 Å². The summed E-state index contributed by atoms with van der Waals surface area (Å²) in [5, 5.41) is 0. The summed E-state index contributed by atoms with van der Waals surface area (Å²) in [6.45, 7) is 5.08. The second kappa shape index (κ2) is 5.78. The average molecular weight is 260 g/mol. The third-order valence-corrected chi connectivity index (χ3v) is 3.06. The fourth-order valence-corrected chi connectivity index (χ4v) is 2.13. The Kier molecular flexibility index (Phi) is 4.10. The number of nitrogens with zero attached hydrogens (tertiary/aromatic N) is 2. The zero-order valence-corrected chi connectivity index (χ0v) is 11.9. The van der Waals surface area contributed by atoms with Crippen LogP contribution >= 0.6 is 0 Å². The zero-order chi connectivity index (χ0) is 13.8. The molecule has 0 N–H and O–H groups in total. The van der Waals surface area contributed by atoms with Crippen LogP contribution in [-0.2, 0) is 6.54 Å². The van der Waals surface area contributed by atoms with Crippen LogP contribution in [0.5, 0.6) is 11.5 Å². The highest BCUT2D eigenvalue weighted by molar-refractivity contribution is 5.43. The number of aromatic nitrogens is 2. The first-order chi connectivity index (χ1) is 9.15. The number of hydrogen-bond acceptors (Lipinski definition) is 3. The van der Waals surface area contributed by atoms with Crippen LogP contribution in [0.4, 0.5) is 0 Å². The Morgan fingerprint density at radius 2 is 1.89 bits per heavy atom. The van der Waals surface area contributed by atoms with Crippen LogP contribution in [0.25, 0.3) is 0 Å². The molecule has 0 fully saturated rings. The van der Waals surface area contributed by atoms with Gasteiger partial charge in [-0.15, -0.1) is 0 Å². The lowest BCUT2D eigenvalue weighted by Gasteiger charge is -2.12. The van der Waals surface area contributed by atoms with Crippen LogP contribution in [0, 0.1) is 0 Å². The minimum Gasteiger partial charge on any atom is -0.493 e. The van der Waals surface area contributed by atoms with Gasteiger partial charge in [0.2, 0.25) is 0 Å². The number of benzene rings is 1. The van der Waals surface area contributed by atoms with Crippen LogP contribution in [0.15, 0.2) is 30.6 Å². The third kappa shape index (κ3) is 2.89. The molecular formula is C15H20N2O2. The summed E-state index contributed by atoms with van der Waals surface area (Å²) in [7, 11) is 3.29. The highest BCUT2D eigenvalue weighted by atomic mass is 16.5. The monoisotopic (exact) mass is 260 g/mol. The Labute approximate surface area is 114 Å². The largest absolute Gasteiger partial charge is 0.493 e. The molecule has 1 aromatic heterocycles. The Morgan fingerprint density at radius 1 is 1.16 bits per heavy atom. The molecule has 0 bridgehead atoms. The number of imidazole rings is 1. The summed E-state index contributed by atoms with van der Waals surface area (Å²) in [6, 6.07) is 5.98. The maximum absolute atomic E-state index is 5.32. The molecule has 0 atom stereocenters. The number of hydrogen-bond donors (Lipinski definition) is 0. The zero-order valence-electron chi connectivity index (χ0n) is 11.9. The molecule has 102 valence electrons. The van der Waals surface area contributed by atoms with E-state index in [0.717, 1.165) is 29.4 Å². The molecule has 0 radical (unpaired) electrons. The van der Waals surface area contributed by atoms with Gasteiger partial charge in [0.15, 0.2) is 11.5 Å². The quantitative estimate of drug-likeness (QED) is 0.829. The summed E-state index contributed by atoms with van der Waals surface area (Å²) in [6.07, 6.45) is 3.85. The first-order valence-electron chi connectivity index (χ1n) is 6.37. The highest BCUT2D eigenvalue weighted by Gasteiger charge is 2.09. The van der Waals surface area contributed by atoms with E-state index >= 15 is 0 Å². The van der Waals surface area contributed by atoms with Gasteiger partial charge in [-0.3, -0.25) is 0 Å². The Hall–Kier alpha value is -1.97. The maximum Gasteiger partial charge on any atom is 0.161 e. The van der Waals surface area contributed by atoms with Crippen LogP contribution in [-0.4, -0.2) is 23.8 Å². The third-order valence-electron chi connectivity index (χ3n) is 3.06. The molecule has 0 amide bonds. The first kappa shape index (κ1) is 13.5. The van der Waals surface area contributed by atoms with Crippen molar-refractivity contribution in [2.45, 2.75) is 26.3 Å². The van der Waals surface area contributed by atoms with E-state index in [-0.39, 0.29) is 0 Å². The predicted octanol–water partition coefficient (Wildman–Crippen LogP) is 3.07. The Bertz CT molecular complexity index is 547. The van der Waals surface area contributed by atoms with Crippen molar-refractivity contribution in [3.8, 4) is 11.5 Å². The SMILES string of the molecule is COc1ccc(Cn2ccnc2C(C)C)cc1OC. The van der Waals surface area contributed by atoms with Crippen LogP contribution in [0.3, 0.4) is 0 Å². The van der Waals surface area contributed by atoms with Crippen molar-refractivity contribution in [1.82, 2.24) is 9.55 Å². The van der Waals surface area contributed by atoms with Gasteiger partial charge >= 0.3 is 0 Å². The predicted molar refractivity (Wildman–Crippen MR) is 75.0 cm³/mol. The van der Waals surface area contributed by atoms with E-state index in [1.807, 2.05) is 30.6 Å². The molecule has 19 heavy (non-hydrogen) atoms. The molecule has 1 heterocycles. The van der Waals surface area contributed by atoms with Crippen molar-refractivity contribution >= 4 is 0 Å². The normalized spacial score (nSPS) is 10.8. The maximum atomic E-state index is 5.32. The summed E-state index contributed by atoms with van der Waals surface area (Å²) < 4.78 is 12.7. The molecule has 1 aromatic carbocycles. The topological polar surface area (TPSA) is 36.3 Å². The summed E-state index contributed by atoms with van der Waals surface area (Å²) >= 11 is 0. The van der Waals surface area contributed by atoms with Crippen molar-refractivity contribution in [1.29, 1.82) is 0 Å². The van der Waals surface area contributed by atoms with Gasteiger partial charge in [0.25, 0.3) is 0 Å². The Morgan fingerprint density at radius 3 is 2.53 bits per heavy atom. The van der Waals surface area contributed by atoms with Crippen molar-refractivity contribution in [2.75, 3.05) is 14.2 Å². The molecule has 4 nitrogen and oxygen atoms in total. The van der Waals surface area contributed by atoms with E-state index in [1.165, 1.54) is 0 Å². The fraction of sp³-hybridized carbons (Fsp3) is 0.400. The van der Waals surface area contributed by atoms with Gasteiger partial charge in [-0.2, -0.15) is 0 Å². The first-order valence-corrected chi connectivity index (χ1v) is 6.37. The van der Waals surface area contributed by atoms with Gasteiger partial charge < -0.3 is 14.0 Å². The lowest BCUT2D eigenvalue weighted by atomic mass is 10.1. The summed E-state index contributed by atoms with van der Waals surface area (Å²) in [4.78, 5) is 4.40. The second-order valence-electron chi connectivity index (χ2n) is 4.76. The van der Waals surface area contributed by atoms with Gasteiger partial charge in [0.1, 0.15) is 5.82 Å². The van der Waals surface area contributed by atoms with Crippen LogP contribution < -0.4 is 9.47 Å². The molecule has 2 aromatic rings. The molecule has 0 aliphatic rings. The van der Waals surface area contributed by atoms with Gasteiger partial charge in [-0.1, -0.05) is 19.9 Å². The molecule has 2 rings (SSSR count). The Balaban J connectivity index is 2.26. The summed E-state index contributed by atoms with van der Waals surface area (Å²) in [5.74, 6) is 3.01. The van der Waals surface area contributed by atoms with Crippen LogP contribution in [0.1, 0.15) is 31.2 Å². The number of ether oxygens (including phenoxy) is 2. The molecule has 0 aliphatic heterocycles. The smallest absolute Gasteiger partial charge is 0.161 e. The van der Waals surface area contributed by atoms with E-state index in [4.69, 9.17) is 9.47 Å². The lowest BCUT2D eigenvalue weighted by Crippen LogP contribution is -2.06. The molecule has 0 aliphatic carbocycles. The second-order valence-corrected chi connectivity index (χ2v) is 4.76. The van der Waals surface area contributed by atoms with Crippen molar-refractivity contribution < 1.29 is 9.47 Å². The van der Waals surface area contributed by atoms with Gasteiger partial charge in [0.05, 0.1) is 14.2 Å². The molecular weight excluding hydrogens is 240 g/mol. The lowest BCUT2D eigenvalue weighted by molar-refractivity contribution is 0.354. The van der Waals surface area contributed by atoms with E-state index in [0.29, 0.717) is 5.92 Å². The number of methoxy groups -OCH3 is 2. The van der Waals surface area contributed by atoms with Crippen molar-refractivity contribution in [2.24, 2.45) is 0 Å².